The van der Waals surface area contributed by atoms with Crippen LogP contribution >= 0.6 is 0 Å². The van der Waals surface area contributed by atoms with Gasteiger partial charge in [0.2, 0.25) is 0 Å². The van der Waals surface area contributed by atoms with Crippen LogP contribution in [-0.2, 0) is 20.9 Å². The molecule has 0 radical (unpaired) electrons. The van der Waals surface area contributed by atoms with E-state index in [1.54, 1.807) is 19.2 Å². The molecule has 0 aliphatic carbocycles. The summed E-state index contributed by atoms with van der Waals surface area (Å²) in [6.07, 6.45) is 2.96. The summed E-state index contributed by atoms with van der Waals surface area (Å²) in [6.45, 7) is 1.15. The molecule has 0 saturated carbocycles. The van der Waals surface area contributed by atoms with E-state index in [9.17, 15) is 9.59 Å². The largest absolute Gasteiger partial charge is 0.469 e. The highest BCUT2D eigenvalue weighted by Crippen LogP contribution is 2.06. The van der Waals surface area contributed by atoms with Crippen molar-refractivity contribution in [2.45, 2.75) is 32.3 Å². The summed E-state index contributed by atoms with van der Waals surface area (Å²) < 4.78 is 9.58. The van der Waals surface area contributed by atoms with E-state index in [1.165, 1.54) is 7.11 Å². The first-order valence-electron chi connectivity index (χ1n) is 7.10. The number of hydrogen-bond donors (Lipinski definition) is 1. The van der Waals surface area contributed by atoms with Gasteiger partial charge in [-0.05, 0) is 30.5 Å². The number of methoxy groups -OCH3 is 2. The Balaban J connectivity index is 2.20. The third-order valence-corrected chi connectivity index (χ3v) is 3.10. The summed E-state index contributed by atoms with van der Waals surface area (Å²) in [6, 6.07) is 7.35. The fraction of sp³-hybridized carbons (Fsp3) is 0.500. The molecule has 5 nitrogen and oxygen atoms in total. The van der Waals surface area contributed by atoms with Crippen molar-refractivity contribution in [1.82, 2.24) is 5.32 Å². The van der Waals surface area contributed by atoms with Crippen molar-refractivity contribution in [3.63, 3.8) is 0 Å². The van der Waals surface area contributed by atoms with Gasteiger partial charge in [0.05, 0.1) is 13.7 Å². The molecule has 0 bridgehead atoms. The van der Waals surface area contributed by atoms with E-state index in [2.05, 4.69) is 10.1 Å². The lowest BCUT2D eigenvalue weighted by molar-refractivity contribution is -0.140. The maximum absolute atomic E-state index is 11.9. The molecule has 0 unspecified atom stereocenters. The Hall–Kier alpha value is -1.88. The van der Waals surface area contributed by atoms with Gasteiger partial charge in [0.25, 0.3) is 5.91 Å². The predicted octanol–water partition coefficient (Wildman–Crippen LogP) is 2.30. The number of unbranched alkanes of at least 4 members (excludes halogenated alkanes) is 2. The second-order valence-corrected chi connectivity index (χ2v) is 4.77. The Morgan fingerprint density at radius 3 is 2.38 bits per heavy atom. The molecule has 0 saturated heterocycles. The molecule has 5 heteroatoms. The lowest BCUT2D eigenvalue weighted by atomic mass is 10.1. The van der Waals surface area contributed by atoms with Crippen LogP contribution in [0.2, 0.25) is 0 Å². The molecule has 0 aliphatic heterocycles. The number of amides is 1. The van der Waals surface area contributed by atoms with Gasteiger partial charge in [-0.15, -0.1) is 0 Å². The molecule has 0 spiro atoms. The number of ether oxygens (including phenoxy) is 2. The van der Waals surface area contributed by atoms with Gasteiger partial charge < -0.3 is 14.8 Å². The van der Waals surface area contributed by atoms with Crippen molar-refractivity contribution in [3.8, 4) is 0 Å². The lowest BCUT2D eigenvalue weighted by Crippen LogP contribution is -2.24. The zero-order valence-electron chi connectivity index (χ0n) is 12.7. The number of esters is 1. The van der Waals surface area contributed by atoms with Crippen LogP contribution in [-0.4, -0.2) is 32.6 Å². The smallest absolute Gasteiger partial charge is 0.305 e. The molecule has 0 aliphatic rings. The average molecular weight is 293 g/mol. The first-order chi connectivity index (χ1) is 10.2. The van der Waals surface area contributed by atoms with E-state index in [0.717, 1.165) is 24.8 Å². The molecule has 0 fully saturated rings. The highest BCUT2D eigenvalue weighted by molar-refractivity contribution is 5.94. The maximum Gasteiger partial charge on any atom is 0.305 e. The molecule has 0 heterocycles. The highest BCUT2D eigenvalue weighted by atomic mass is 16.5. The molecule has 1 rings (SSSR count). The topological polar surface area (TPSA) is 64.6 Å². The van der Waals surface area contributed by atoms with Crippen molar-refractivity contribution in [2.24, 2.45) is 0 Å². The van der Waals surface area contributed by atoms with E-state index >= 15 is 0 Å². The molecular weight excluding hydrogens is 270 g/mol. The summed E-state index contributed by atoms with van der Waals surface area (Å²) >= 11 is 0. The van der Waals surface area contributed by atoms with Crippen LogP contribution < -0.4 is 5.32 Å². The van der Waals surface area contributed by atoms with E-state index in [1.807, 2.05) is 12.1 Å². The average Bonchev–Trinajstić information content (AvgIpc) is 2.51. The molecule has 1 aromatic carbocycles. The Labute approximate surface area is 125 Å². The number of nitrogens with one attached hydrogen (secondary N) is 1. The molecular formula is C16H23NO4. The van der Waals surface area contributed by atoms with Gasteiger partial charge in [-0.25, -0.2) is 0 Å². The lowest BCUT2D eigenvalue weighted by Gasteiger charge is -2.06. The van der Waals surface area contributed by atoms with E-state index < -0.39 is 0 Å². The van der Waals surface area contributed by atoms with Gasteiger partial charge in [-0.1, -0.05) is 18.6 Å². The molecule has 116 valence electrons. The minimum Gasteiger partial charge on any atom is -0.469 e. The molecule has 21 heavy (non-hydrogen) atoms. The molecule has 0 aromatic heterocycles. The van der Waals surface area contributed by atoms with Gasteiger partial charge in [-0.2, -0.15) is 0 Å². The van der Waals surface area contributed by atoms with Crippen LogP contribution in [0.4, 0.5) is 0 Å². The minimum atomic E-state index is -0.185. The minimum absolute atomic E-state index is 0.0769. The molecule has 1 amide bonds. The number of carbonyl (C=O) groups excluding carboxylic acids is 2. The zero-order valence-corrected chi connectivity index (χ0v) is 12.7. The van der Waals surface area contributed by atoms with Gasteiger partial charge in [0.1, 0.15) is 0 Å². The monoisotopic (exact) mass is 293 g/mol. The van der Waals surface area contributed by atoms with Crippen LogP contribution in [0.3, 0.4) is 0 Å². The number of rotatable bonds is 9. The van der Waals surface area contributed by atoms with Crippen LogP contribution in [0.25, 0.3) is 0 Å². The first-order valence-corrected chi connectivity index (χ1v) is 7.10. The van der Waals surface area contributed by atoms with Crippen molar-refractivity contribution in [1.29, 1.82) is 0 Å². The number of carbonyl (C=O) groups is 2. The number of benzene rings is 1. The fourth-order valence-electron chi connectivity index (χ4n) is 1.90. The standard InChI is InChI=1S/C16H23NO4/c1-20-12-13-7-9-14(10-8-13)16(19)17-11-5-3-4-6-15(18)21-2/h7-10H,3-6,11-12H2,1-2H3,(H,17,19). The van der Waals surface area contributed by atoms with Crippen LogP contribution in [0.5, 0.6) is 0 Å². The van der Waals surface area contributed by atoms with Crippen LogP contribution in [0, 0.1) is 0 Å². The predicted molar refractivity (Wildman–Crippen MR) is 80.0 cm³/mol. The summed E-state index contributed by atoms with van der Waals surface area (Å²) in [5.41, 5.74) is 1.68. The summed E-state index contributed by atoms with van der Waals surface area (Å²) in [7, 11) is 3.03. The highest BCUT2D eigenvalue weighted by Gasteiger charge is 2.05. The molecule has 0 atom stereocenters. The quantitative estimate of drug-likeness (QED) is 0.560. The summed E-state index contributed by atoms with van der Waals surface area (Å²) in [5.74, 6) is -0.262. The Morgan fingerprint density at radius 2 is 1.76 bits per heavy atom. The Morgan fingerprint density at radius 1 is 1.05 bits per heavy atom. The second kappa shape index (κ2) is 9.94. The van der Waals surface area contributed by atoms with Crippen LogP contribution in [0.15, 0.2) is 24.3 Å². The van der Waals surface area contributed by atoms with Gasteiger partial charge in [-0.3, -0.25) is 9.59 Å². The fourth-order valence-corrected chi connectivity index (χ4v) is 1.90. The summed E-state index contributed by atoms with van der Waals surface area (Å²) in [5, 5.41) is 2.87. The normalized spacial score (nSPS) is 10.2. The number of hydrogen-bond acceptors (Lipinski definition) is 4. The second-order valence-electron chi connectivity index (χ2n) is 4.77. The van der Waals surface area contributed by atoms with Crippen molar-refractivity contribution < 1.29 is 19.1 Å². The van der Waals surface area contributed by atoms with Gasteiger partial charge in [0.15, 0.2) is 0 Å². The maximum atomic E-state index is 11.9. The third-order valence-electron chi connectivity index (χ3n) is 3.10. The van der Waals surface area contributed by atoms with Crippen LogP contribution in [0.1, 0.15) is 41.6 Å². The van der Waals surface area contributed by atoms with Crippen molar-refractivity contribution in [2.75, 3.05) is 20.8 Å². The van der Waals surface area contributed by atoms with Crippen molar-refractivity contribution in [3.05, 3.63) is 35.4 Å². The molecule has 1 N–H and O–H groups in total. The Kier molecular flexibility index (Phi) is 8.12. The SMILES string of the molecule is COCc1ccc(C(=O)NCCCCCC(=O)OC)cc1. The van der Waals surface area contributed by atoms with E-state index in [-0.39, 0.29) is 11.9 Å². The van der Waals surface area contributed by atoms with E-state index in [0.29, 0.717) is 25.1 Å². The van der Waals surface area contributed by atoms with Gasteiger partial charge in [0, 0.05) is 25.6 Å². The zero-order chi connectivity index (χ0) is 15.5. The van der Waals surface area contributed by atoms with Crippen molar-refractivity contribution >= 4 is 11.9 Å². The van der Waals surface area contributed by atoms with E-state index in [4.69, 9.17) is 4.74 Å². The third kappa shape index (κ3) is 6.90. The Bertz CT molecular complexity index is 442. The summed E-state index contributed by atoms with van der Waals surface area (Å²) in [4.78, 5) is 22.8. The van der Waals surface area contributed by atoms with Gasteiger partial charge >= 0.3 is 5.97 Å². The first kappa shape index (κ1) is 17.2. The molecule has 1 aromatic rings.